The zero-order valence-electron chi connectivity index (χ0n) is 12.8. The second-order valence-corrected chi connectivity index (χ2v) is 7.62. The molecular formula is C17H30N2S. The summed E-state index contributed by atoms with van der Waals surface area (Å²) in [6, 6.07) is 0.688. The number of nitrogens with zero attached hydrogens (tertiary/aromatic N) is 1. The smallest absolute Gasteiger partial charge is 0.169 e. The Balaban J connectivity index is 1.53. The zero-order valence-corrected chi connectivity index (χ0v) is 13.6. The Labute approximate surface area is 129 Å². The minimum Gasteiger partial charge on any atom is -0.360 e. The molecule has 0 aromatic rings. The van der Waals surface area contributed by atoms with Crippen molar-refractivity contribution < 1.29 is 0 Å². The van der Waals surface area contributed by atoms with E-state index in [0.717, 1.165) is 23.5 Å². The molecule has 0 radical (unpaired) electrons. The summed E-state index contributed by atoms with van der Waals surface area (Å²) in [5.74, 6) is 1.86. The fourth-order valence-corrected chi connectivity index (χ4v) is 4.79. The maximum atomic E-state index is 5.57. The number of thiocarbonyl (C=S) groups is 1. The molecule has 20 heavy (non-hydrogen) atoms. The van der Waals surface area contributed by atoms with Crippen LogP contribution in [-0.4, -0.2) is 29.1 Å². The largest absolute Gasteiger partial charge is 0.360 e. The number of rotatable bonds is 4. The van der Waals surface area contributed by atoms with Gasteiger partial charge >= 0.3 is 0 Å². The number of nitrogens with one attached hydrogen (secondary N) is 1. The van der Waals surface area contributed by atoms with E-state index in [2.05, 4.69) is 10.2 Å². The minimum absolute atomic E-state index is 0.688. The summed E-state index contributed by atoms with van der Waals surface area (Å²) in [6.45, 7) is 2.32. The second-order valence-electron chi connectivity index (χ2n) is 7.24. The first-order valence-corrected chi connectivity index (χ1v) is 9.28. The third-order valence-corrected chi connectivity index (χ3v) is 6.08. The molecule has 0 unspecified atom stereocenters. The van der Waals surface area contributed by atoms with Gasteiger partial charge < -0.3 is 10.2 Å². The molecule has 1 heterocycles. The SMILES string of the molecule is S=C1NC[C@H](CC2CCCCC2)N1CC1CCCCC1. The standard InChI is InChI=1S/C17H30N2S/c20-17-18-12-16(11-14-7-3-1-4-8-14)19(17)13-15-9-5-2-6-10-15/h14-16H,1-13H2,(H,18,20)/t16-/m0/s1. The lowest BCUT2D eigenvalue weighted by atomic mass is 9.84. The second kappa shape index (κ2) is 7.11. The highest BCUT2D eigenvalue weighted by molar-refractivity contribution is 7.80. The summed E-state index contributed by atoms with van der Waals surface area (Å²) in [6.07, 6.45) is 15.8. The highest BCUT2D eigenvalue weighted by Crippen LogP contribution is 2.31. The van der Waals surface area contributed by atoms with Crippen molar-refractivity contribution in [1.29, 1.82) is 0 Å². The Morgan fingerprint density at radius 3 is 2.15 bits per heavy atom. The molecule has 1 saturated heterocycles. The van der Waals surface area contributed by atoms with Crippen LogP contribution in [0, 0.1) is 11.8 Å². The first-order chi connectivity index (χ1) is 9.83. The molecule has 3 fully saturated rings. The predicted octanol–water partition coefficient (Wildman–Crippen LogP) is 4.10. The molecule has 1 N–H and O–H groups in total. The van der Waals surface area contributed by atoms with Crippen LogP contribution in [0.3, 0.4) is 0 Å². The molecule has 0 amide bonds. The third kappa shape index (κ3) is 3.66. The number of hydrogen-bond acceptors (Lipinski definition) is 1. The molecule has 114 valence electrons. The van der Waals surface area contributed by atoms with Crippen LogP contribution in [0.15, 0.2) is 0 Å². The Kier molecular flexibility index (Phi) is 5.19. The van der Waals surface area contributed by atoms with E-state index in [1.54, 1.807) is 0 Å². The summed E-state index contributed by atoms with van der Waals surface area (Å²) in [4.78, 5) is 2.56. The minimum atomic E-state index is 0.688. The van der Waals surface area contributed by atoms with Gasteiger partial charge in [-0.25, -0.2) is 0 Å². The van der Waals surface area contributed by atoms with Crippen molar-refractivity contribution in [2.24, 2.45) is 11.8 Å². The molecule has 0 aromatic heterocycles. The first kappa shape index (κ1) is 14.6. The van der Waals surface area contributed by atoms with Gasteiger partial charge in [0, 0.05) is 19.1 Å². The molecule has 1 aliphatic heterocycles. The molecule has 2 aliphatic carbocycles. The van der Waals surface area contributed by atoms with E-state index in [1.807, 2.05) is 0 Å². The van der Waals surface area contributed by atoms with Crippen molar-refractivity contribution in [3.05, 3.63) is 0 Å². The van der Waals surface area contributed by atoms with Gasteiger partial charge in [-0.3, -0.25) is 0 Å². The normalized spacial score (nSPS) is 29.7. The lowest BCUT2D eigenvalue weighted by Crippen LogP contribution is -2.39. The van der Waals surface area contributed by atoms with Gasteiger partial charge in [-0.15, -0.1) is 0 Å². The Hall–Kier alpha value is -0.310. The fraction of sp³-hybridized carbons (Fsp3) is 0.941. The van der Waals surface area contributed by atoms with Crippen molar-refractivity contribution in [3.63, 3.8) is 0 Å². The van der Waals surface area contributed by atoms with Gasteiger partial charge in [0.2, 0.25) is 0 Å². The van der Waals surface area contributed by atoms with Gasteiger partial charge in [0.25, 0.3) is 0 Å². The molecule has 3 aliphatic rings. The van der Waals surface area contributed by atoms with Gasteiger partial charge in [-0.05, 0) is 43.3 Å². The predicted molar refractivity (Wildman–Crippen MR) is 88.9 cm³/mol. The highest BCUT2D eigenvalue weighted by atomic mass is 32.1. The van der Waals surface area contributed by atoms with Crippen molar-refractivity contribution in [2.75, 3.05) is 13.1 Å². The van der Waals surface area contributed by atoms with E-state index < -0.39 is 0 Å². The van der Waals surface area contributed by atoms with E-state index in [9.17, 15) is 0 Å². The van der Waals surface area contributed by atoms with Crippen LogP contribution < -0.4 is 5.32 Å². The van der Waals surface area contributed by atoms with Gasteiger partial charge in [0.15, 0.2) is 5.11 Å². The van der Waals surface area contributed by atoms with Crippen molar-refractivity contribution in [2.45, 2.75) is 76.7 Å². The van der Waals surface area contributed by atoms with E-state index in [0.29, 0.717) is 6.04 Å². The van der Waals surface area contributed by atoms with Crippen molar-refractivity contribution in [3.8, 4) is 0 Å². The maximum absolute atomic E-state index is 5.57. The van der Waals surface area contributed by atoms with Crippen LogP contribution >= 0.6 is 12.2 Å². The summed E-state index contributed by atoms with van der Waals surface area (Å²) in [7, 11) is 0. The van der Waals surface area contributed by atoms with Gasteiger partial charge in [-0.2, -0.15) is 0 Å². The lowest BCUT2D eigenvalue weighted by molar-refractivity contribution is 0.211. The average Bonchev–Trinajstić information content (AvgIpc) is 2.83. The van der Waals surface area contributed by atoms with Crippen molar-refractivity contribution in [1.82, 2.24) is 10.2 Å². The van der Waals surface area contributed by atoms with Crippen LogP contribution in [0.1, 0.15) is 70.6 Å². The van der Waals surface area contributed by atoms with Crippen LogP contribution in [0.2, 0.25) is 0 Å². The molecule has 3 heteroatoms. The zero-order chi connectivity index (χ0) is 13.8. The van der Waals surface area contributed by atoms with Crippen LogP contribution in [0.25, 0.3) is 0 Å². The summed E-state index contributed by atoms with van der Waals surface area (Å²) in [5.41, 5.74) is 0. The number of hydrogen-bond donors (Lipinski definition) is 1. The van der Waals surface area contributed by atoms with Crippen LogP contribution in [0.5, 0.6) is 0 Å². The van der Waals surface area contributed by atoms with E-state index in [1.165, 1.54) is 77.2 Å². The van der Waals surface area contributed by atoms with E-state index in [4.69, 9.17) is 12.2 Å². The topological polar surface area (TPSA) is 15.3 Å². The molecule has 0 bridgehead atoms. The Morgan fingerprint density at radius 2 is 1.50 bits per heavy atom. The average molecular weight is 295 g/mol. The summed E-state index contributed by atoms with van der Waals surface area (Å²) >= 11 is 5.57. The van der Waals surface area contributed by atoms with E-state index in [-0.39, 0.29) is 0 Å². The maximum Gasteiger partial charge on any atom is 0.169 e. The monoisotopic (exact) mass is 294 g/mol. The summed E-state index contributed by atoms with van der Waals surface area (Å²) < 4.78 is 0. The van der Waals surface area contributed by atoms with Crippen molar-refractivity contribution >= 4 is 17.3 Å². The molecule has 2 saturated carbocycles. The molecular weight excluding hydrogens is 264 g/mol. The van der Waals surface area contributed by atoms with Gasteiger partial charge in [0.1, 0.15) is 0 Å². The third-order valence-electron chi connectivity index (χ3n) is 5.70. The molecule has 0 spiro atoms. The molecule has 0 aromatic carbocycles. The van der Waals surface area contributed by atoms with E-state index >= 15 is 0 Å². The molecule has 2 nitrogen and oxygen atoms in total. The first-order valence-electron chi connectivity index (χ1n) is 8.87. The fourth-order valence-electron chi connectivity index (χ4n) is 4.48. The molecule has 1 atom stereocenters. The highest BCUT2D eigenvalue weighted by Gasteiger charge is 2.32. The Bertz CT molecular complexity index is 319. The van der Waals surface area contributed by atoms with Crippen LogP contribution in [0.4, 0.5) is 0 Å². The summed E-state index contributed by atoms with van der Waals surface area (Å²) in [5, 5.41) is 4.49. The lowest BCUT2D eigenvalue weighted by Gasteiger charge is -2.33. The van der Waals surface area contributed by atoms with Gasteiger partial charge in [0.05, 0.1) is 0 Å². The Morgan fingerprint density at radius 1 is 0.900 bits per heavy atom. The quantitative estimate of drug-likeness (QED) is 0.786. The molecule has 3 rings (SSSR count). The van der Waals surface area contributed by atoms with Gasteiger partial charge in [-0.1, -0.05) is 51.4 Å². The van der Waals surface area contributed by atoms with Crippen LogP contribution in [-0.2, 0) is 0 Å².